The number of imidazole rings is 1. The third-order valence-electron chi connectivity index (χ3n) is 8.62. The highest BCUT2D eigenvalue weighted by Gasteiger charge is 2.51. The summed E-state index contributed by atoms with van der Waals surface area (Å²) in [6.45, 7) is 12.8. The zero-order valence-electron chi connectivity index (χ0n) is 23.5. The number of carbonyl (C=O) groups excluding carboxylic acids is 2. The molecule has 202 valence electrons. The number of hydrogen-bond donors (Lipinski definition) is 1. The largest absolute Gasteiger partial charge is 0.494 e. The Hall–Kier alpha value is -2.91. The molecule has 2 fully saturated rings. The molecule has 2 aliphatic rings. The number of esters is 1. The number of H-pyrrole nitrogens is 1. The van der Waals surface area contributed by atoms with Crippen LogP contribution in [0.3, 0.4) is 0 Å². The van der Waals surface area contributed by atoms with Crippen LogP contribution in [0.25, 0.3) is 21.8 Å². The highest BCUT2D eigenvalue weighted by atomic mass is 16.7. The van der Waals surface area contributed by atoms with Crippen LogP contribution in [-0.2, 0) is 23.6 Å². The second-order valence-corrected chi connectivity index (χ2v) is 12.0. The Morgan fingerprint density at radius 1 is 1.16 bits per heavy atom. The van der Waals surface area contributed by atoms with Gasteiger partial charge in [-0.05, 0) is 63.4 Å². The summed E-state index contributed by atoms with van der Waals surface area (Å²) in [5.74, 6) is 0.0319. The Morgan fingerprint density at radius 2 is 1.87 bits per heavy atom. The quantitative estimate of drug-likeness (QED) is 0.381. The Bertz CT molecular complexity index is 1370. The molecule has 0 radical (unpaired) electrons. The van der Waals surface area contributed by atoms with Gasteiger partial charge in [0, 0.05) is 11.9 Å². The molecule has 1 aromatic heterocycles. The number of carbonyl (C=O) groups is 2. The standard InChI is InChI=1S/C29H38BN3O5/c1-17(2)21(16-24(34)36-7)27(35)33-14-8-9-23(33)26-31-22-13-10-18-15-19(11-12-20(18)25(22)32-26)30-37-28(3,4)29(5,6)38-30/h10-13,15,17,21,23H,8-9,14,16H2,1-7H3,(H,31,32)/t21-,23-/m0/s1. The number of likely N-dealkylation sites (tertiary alicyclic amines) is 1. The van der Waals surface area contributed by atoms with Crippen LogP contribution < -0.4 is 5.46 Å². The fraction of sp³-hybridized carbons (Fsp3) is 0.552. The molecule has 5 rings (SSSR count). The molecular weight excluding hydrogens is 481 g/mol. The minimum Gasteiger partial charge on any atom is -0.469 e. The molecule has 3 aromatic rings. The van der Waals surface area contributed by atoms with Gasteiger partial charge < -0.3 is 23.9 Å². The lowest BCUT2D eigenvalue weighted by molar-refractivity contribution is -0.148. The normalized spacial score (nSPS) is 21.5. The van der Waals surface area contributed by atoms with Crippen LogP contribution in [0.4, 0.5) is 0 Å². The summed E-state index contributed by atoms with van der Waals surface area (Å²) in [4.78, 5) is 35.9. The van der Waals surface area contributed by atoms with Crippen molar-refractivity contribution in [3.05, 3.63) is 36.2 Å². The number of benzene rings is 2. The summed E-state index contributed by atoms with van der Waals surface area (Å²) in [6.07, 6.45) is 1.82. The molecule has 2 atom stereocenters. The van der Waals surface area contributed by atoms with Crippen molar-refractivity contribution >= 4 is 46.3 Å². The average Bonchev–Trinajstić information content (AvgIpc) is 3.57. The van der Waals surface area contributed by atoms with E-state index in [9.17, 15) is 9.59 Å². The molecule has 0 spiro atoms. The zero-order chi connectivity index (χ0) is 27.4. The van der Waals surface area contributed by atoms with E-state index in [0.29, 0.717) is 6.54 Å². The third-order valence-corrected chi connectivity index (χ3v) is 8.62. The van der Waals surface area contributed by atoms with E-state index in [0.717, 1.165) is 45.9 Å². The van der Waals surface area contributed by atoms with Gasteiger partial charge in [0.2, 0.25) is 5.91 Å². The molecule has 38 heavy (non-hydrogen) atoms. The van der Waals surface area contributed by atoms with Gasteiger partial charge in [0.1, 0.15) is 5.82 Å². The van der Waals surface area contributed by atoms with Crippen LogP contribution >= 0.6 is 0 Å². The fourth-order valence-corrected chi connectivity index (χ4v) is 5.52. The number of nitrogens with one attached hydrogen (secondary N) is 1. The van der Waals surface area contributed by atoms with Crippen LogP contribution in [-0.4, -0.2) is 58.7 Å². The Labute approximate surface area is 224 Å². The van der Waals surface area contributed by atoms with Crippen LogP contribution in [0.2, 0.25) is 0 Å². The molecule has 3 heterocycles. The van der Waals surface area contributed by atoms with Crippen molar-refractivity contribution in [1.29, 1.82) is 0 Å². The van der Waals surface area contributed by atoms with Gasteiger partial charge in [0.25, 0.3) is 0 Å². The Balaban J connectivity index is 1.44. The van der Waals surface area contributed by atoms with Gasteiger partial charge in [-0.3, -0.25) is 9.59 Å². The highest BCUT2D eigenvalue weighted by molar-refractivity contribution is 6.62. The van der Waals surface area contributed by atoms with Gasteiger partial charge in [0.15, 0.2) is 0 Å². The van der Waals surface area contributed by atoms with E-state index in [1.807, 2.05) is 30.9 Å². The number of methoxy groups -OCH3 is 1. The number of hydrogen-bond acceptors (Lipinski definition) is 6. The van der Waals surface area contributed by atoms with Crippen LogP contribution in [0.1, 0.15) is 72.7 Å². The van der Waals surface area contributed by atoms with Gasteiger partial charge in [-0.1, -0.05) is 38.1 Å². The van der Waals surface area contributed by atoms with Gasteiger partial charge in [0.05, 0.1) is 47.7 Å². The maximum atomic E-state index is 13.6. The second kappa shape index (κ2) is 9.69. The molecule has 0 bridgehead atoms. The first-order valence-electron chi connectivity index (χ1n) is 13.6. The number of ether oxygens (including phenoxy) is 1. The topological polar surface area (TPSA) is 93.8 Å². The van der Waals surface area contributed by atoms with E-state index in [1.165, 1.54) is 7.11 Å². The molecule has 2 aliphatic heterocycles. The van der Waals surface area contributed by atoms with E-state index in [1.54, 1.807) is 0 Å². The summed E-state index contributed by atoms with van der Waals surface area (Å²) in [5.41, 5.74) is 1.99. The first kappa shape index (κ1) is 26.7. The van der Waals surface area contributed by atoms with E-state index in [2.05, 4.69) is 50.9 Å². The highest BCUT2D eigenvalue weighted by Crippen LogP contribution is 2.38. The maximum Gasteiger partial charge on any atom is 0.494 e. The van der Waals surface area contributed by atoms with E-state index < -0.39 is 24.2 Å². The van der Waals surface area contributed by atoms with Crippen LogP contribution in [0.15, 0.2) is 30.3 Å². The lowest BCUT2D eigenvalue weighted by Crippen LogP contribution is -2.41. The summed E-state index contributed by atoms with van der Waals surface area (Å²) < 4.78 is 17.4. The summed E-state index contributed by atoms with van der Waals surface area (Å²) >= 11 is 0. The van der Waals surface area contributed by atoms with Gasteiger partial charge in [-0.2, -0.15) is 0 Å². The third kappa shape index (κ3) is 4.60. The van der Waals surface area contributed by atoms with E-state index in [-0.39, 0.29) is 30.3 Å². The molecule has 0 saturated carbocycles. The smallest absolute Gasteiger partial charge is 0.469 e. The molecule has 1 amide bonds. The van der Waals surface area contributed by atoms with Crippen molar-refractivity contribution < 1.29 is 23.6 Å². The molecular formula is C29H38BN3O5. The molecule has 2 aromatic carbocycles. The Kier molecular flexibility index (Phi) is 6.80. The predicted molar refractivity (Wildman–Crippen MR) is 148 cm³/mol. The molecule has 9 heteroatoms. The van der Waals surface area contributed by atoms with Crippen molar-refractivity contribution in [2.45, 2.75) is 78.0 Å². The second-order valence-electron chi connectivity index (χ2n) is 12.0. The van der Waals surface area contributed by atoms with E-state index in [4.69, 9.17) is 19.0 Å². The number of fused-ring (bicyclic) bond motifs is 3. The van der Waals surface area contributed by atoms with Crippen molar-refractivity contribution in [2.24, 2.45) is 11.8 Å². The molecule has 2 saturated heterocycles. The van der Waals surface area contributed by atoms with Crippen LogP contribution in [0.5, 0.6) is 0 Å². The van der Waals surface area contributed by atoms with Crippen molar-refractivity contribution in [3.8, 4) is 0 Å². The minimum absolute atomic E-state index is 0.00901. The number of aromatic amines is 1. The van der Waals surface area contributed by atoms with Gasteiger partial charge >= 0.3 is 13.1 Å². The minimum atomic E-state index is -0.424. The van der Waals surface area contributed by atoms with Crippen molar-refractivity contribution in [1.82, 2.24) is 14.9 Å². The number of aromatic nitrogens is 2. The van der Waals surface area contributed by atoms with E-state index >= 15 is 0 Å². The number of amides is 1. The van der Waals surface area contributed by atoms with Crippen molar-refractivity contribution in [3.63, 3.8) is 0 Å². The molecule has 1 N–H and O–H groups in total. The maximum absolute atomic E-state index is 13.6. The SMILES string of the molecule is COC(=O)C[C@H](C(=O)N1CCC[C@H]1c1nc2c(ccc3cc(B4OC(C)(C)C(C)(C)O4)ccc32)[nH]1)C(C)C. The monoisotopic (exact) mass is 519 g/mol. The lowest BCUT2D eigenvalue weighted by Gasteiger charge is -2.32. The molecule has 8 nitrogen and oxygen atoms in total. The first-order chi connectivity index (χ1) is 17.9. The Morgan fingerprint density at radius 3 is 2.53 bits per heavy atom. The summed E-state index contributed by atoms with van der Waals surface area (Å²) in [7, 11) is 0.937. The average molecular weight is 519 g/mol. The predicted octanol–water partition coefficient (Wildman–Crippen LogP) is 4.51. The van der Waals surface area contributed by atoms with Gasteiger partial charge in [-0.15, -0.1) is 0 Å². The lowest BCUT2D eigenvalue weighted by atomic mass is 9.78. The van der Waals surface area contributed by atoms with Gasteiger partial charge in [-0.25, -0.2) is 4.98 Å². The summed E-state index contributed by atoms with van der Waals surface area (Å²) in [5, 5.41) is 2.09. The number of nitrogens with zero attached hydrogens (tertiary/aromatic N) is 2. The molecule has 0 aliphatic carbocycles. The fourth-order valence-electron chi connectivity index (χ4n) is 5.52. The number of rotatable bonds is 6. The van der Waals surface area contributed by atoms with Crippen molar-refractivity contribution in [2.75, 3.05) is 13.7 Å². The molecule has 0 unspecified atom stereocenters. The zero-order valence-corrected chi connectivity index (χ0v) is 23.5. The summed E-state index contributed by atoms with van der Waals surface area (Å²) in [6, 6.07) is 10.2. The van der Waals surface area contributed by atoms with Crippen LogP contribution in [0, 0.1) is 11.8 Å². The first-order valence-corrected chi connectivity index (χ1v) is 13.6.